The molecule has 0 spiro atoms. The van der Waals surface area contributed by atoms with Crippen LogP contribution in [0.2, 0.25) is 0 Å². The third-order valence-electron chi connectivity index (χ3n) is 4.21. The summed E-state index contributed by atoms with van der Waals surface area (Å²) in [5, 5.41) is 6.20. The lowest BCUT2D eigenvalue weighted by atomic mass is 9.87. The van der Waals surface area contributed by atoms with Crippen molar-refractivity contribution >= 4 is 39.8 Å². The van der Waals surface area contributed by atoms with E-state index in [0.717, 1.165) is 11.3 Å². The summed E-state index contributed by atoms with van der Waals surface area (Å²) < 4.78 is 25.2. The molecule has 0 unspecified atom stereocenters. The fourth-order valence-electron chi connectivity index (χ4n) is 2.58. The maximum Gasteiger partial charge on any atom is 0.191 e. The molecule has 0 fully saturated rings. The van der Waals surface area contributed by atoms with Crippen molar-refractivity contribution in [3.63, 3.8) is 0 Å². The number of benzene rings is 1. The standard InChI is InChI=1S/C21H30N4O2S.HI/c1-5-22-20(25-16-18-8-6-7-13-23-18)24-14-15-28(26,27)19-11-9-17(10-12-19)21(2,3)4;/h6-13H,5,14-16H2,1-4H3,(H2,22,24,25);1H. The maximum absolute atomic E-state index is 12.6. The maximum atomic E-state index is 12.6. The molecule has 1 aromatic carbocycles. The predicted octanol–water partition coefficient (Wildman–Crippen LogP) is 3.53. The smallest absolute Gasteiger partial charge is 0.191 e. The van der Waals surface area contributed by atoms with E-state index >= 15 is 0 Å². The summed E-state index contributed by atoms with van der Waals surface area (Å²) in [5.74, 6) is 0.571. The Morgan fingerprint density at radius 2 is 1.76 bits per heavy atom. The van der Waals surface area contributed by atoms with Gasteiger partial charge >= 0.3 is 0 Å². The lowest BCUT2D eigenvalue weighted by Crippen LogP contribution is -2.39. The fourth-order valence-corrected chi connectivity index (χ4v) is 3.73. The predicted molar refractivity (Wildman–Crippen MR) is 130 cm³/mol. The van der Waals surface area contributed by atoms with Crippen molar-refractivity contribution in [2.75, 3.05) is 18.8 Å². The van der Waals surface area contributed by atoms with Gasteiger partial charge in [-0.15, -0.1) is 24.0 Å². The van der Waals surface area contributed by atoms with Crippen LogP contribution in [0.1, 0.15) is 39.0 Å². The molecule has 0 aliphatic carbocycles. The molecule has 2 aromatic rings. The second kappa shape index (κ2) is 11.5. The molecule has 1 heterocycles. The molecule has 6 nitrogen and oxygen atoms in total. The van der Waals surface area contributed by atoms with Crippen LogP contribution >= 0.6 is 24.0 Å². The highest BCUT2D eigenvalue weighted by atomic mass is 127. The number of nitrogens with zero attached hydrogens (tertiary/aromatic N) is 2. The monoisotopic (exact) mass is 530 g/mol. The number of nitrogens with one attached hydrogen (secondary N) is 2. The van der Waals surface area contributed by atoms with Gasteiger partial charge in [-0.05, 0) is 42.2 Å². The minimum atomic E-state index is -3.36. The SMILES string of the molecule is CCNC(=NCc1ccccn1)NCCS(=O)(=O)c1ccc(C(C)(C)C)cc1.I. The summed E-state index contributed by atoms with van der Waals surface area (Å²) in [6.07, 6.45) is 1.72. The van der Waals surface area contributed by atoms with Crippen molar-refractivity contribution < 1.29 is 8.42 Å². The van der Waals surface area contributed by atoms with E-state index in [1.54, 1.807) is 18.3 Å². The molecule has 0 aliphatic rings. The Hall–Kier alpha value is -1.68. The highest BCUT2D eigenvalue weighted by Crippen LogP contribution is 2.23. The van der Waals surface area contributed by atoms with Gasteiger partial charge in [0.15, 0.2) is 15.8 Å². The molecule has 8 heteroatoms. The number of halogens is 1. The minimum absolute atomic E-state index is 0. The van der Waals surface area contributed by atoms with E-state index in [9.17, 15) is 8.42 Å². The molecule has 29 heavy (non-hydrogen) atoms. The molecule has 2 rings (SSSR count). The summed E-state index contributed by atoms with van der Waals surface area (Å²) in [6, 6.07) is 12.8. The van der Waals surface area contributed by atoms with Gasteiger partial charge in [0.25, 0.3) is 0 Å². The molecule has 160 valence electrons. The number of sulfone groups is 1. The first-order valence-corrected chi connectivity index (χ1v) is 11.1. The molecule has 0 amide bonds. The molecule has 0 bridgehead atoms. The van der Waals surface area contributed by atoms with Crippen molar-refractivity contribution in [1.82, 2.24) is 15.6 Å². The zero-order valence-corrected chi connectivity index (χ0v) is 20.6. The van der Waals surface area contributed by atoms with E-state index in [2.05, 4.69) is 41.4 Å². The Morgan fingerprint density at radius 3 is 2.31 bits per heavy atom. The molecule has 1 aromatic heterocycles. The molecule has 0 saturated heterocycles. The van der Waals surface area contributed by atoms with E-state index < -0.39 is 9.84 Å². The van der Waals surface area contributed by atoms with E-state index in [-0.39, 0.29) is 41.7 Å². The van der Waals surface area contributed by atoms with Gasteiger partial charge in [0, 0.05) is 19.3 Å². The first-order valence-electron chi connectivity index (χ1n) is 9.48. The Bertz CT molecular complexity index is 877. The molecule has 0 atom stereocenters. The molecule has 2 N–H and O–H groups in total. The number of pyridine rings is 1. The Morgan fingerprint density at radius 1 is 1.07 bits per heavy atom. The van der Waals surface area contributed by atoms with Crippen LogP contribution < -0.4 is 10.6 Å². The Labute approximate surface area is 191 Å². The summed E-state index contributed by atoms with van der Waals surface area (Å²) in [4.78, 5) is 9.03. The van der Waals surface area contributed by atoms with Gasteiger partial charge in [-0.1, -0.05) is 39.0 Å². The zero-order valence-electron chi connectivity index (χ0n) is 17.5. The summed E-state index contributed by atoms with van der Waals surface area (Å²) in [5.41, 5.74) is 1.96. The molecule has 0 aliphatic heterocycles. The van der Waals surface area contributed by atoms with Gasteiger partial charge < -0.3 is 10.6 Å². The summed E-state index contributed by atoms with van der Waals surface area (Å²) in [7, 11) is -3.36. The van der Waals surface area contributed by atoms with E-state index in [1.165, 1.54) is 0 Å². The Kier molecular flexibility index (Phi) is 10.0. The van der Waals surface area contributed by atoms with E-state index in [4.69, 9.17) is 0 Å². The van der Waals surface area contributed by atoms with Crippen LogP contribution in [0.25, 0.3) is 0 Å². The largest absolute Gasteiger partial charge is 0.357 e. The molecular weight excluding hydrogens is 499 g/mol. The third kappa shape index (κ3) is 8.30. The lowest BCUT2D eigenvalue weighted by molar-refractivity contribution is 0.586. The second-order valence-electron chi connectivity index (χ2n) is 7.54. The fraction of sp³-hybridized carbons (Fsp3) is 0.429. The quantitative estimate of drug-likeness (QED) is 0.325. The van der Waals surface area contributed by atoms with Crippen LogP contribution in [-0.2, 0) is 21.8 Å². The number of hydrogen-bond acceptors (Lipinski definition) is 4. The van der Waals surface area contributed by atoms with Crippen molar-refractivity contribution in [3.8, 4) is 0 Å². The lowest BCUT2D eigenvalue weighted by Gasteiger charge is -2.19. The summed E-state index contributed by atoms with van der Waals surface area (Å²) >= 11 is 0. The average molecular weight is 530 g/mol. The van der Waals surface area contributed by atoms with Crippen LogP contribution in [-0.4, -0.2) is 38.2 Å². The van der Waals surface area contributed by atoms with Crippen molar-refractivity contribution in [3.05, 3.63) is 59.9 Å². The van der Waals surface area contributed by atoms with Crippen LogP contribution in [0.5, 0.6) is 0 Å². The molecular formula is C21H31IN4O2S. The van der Waals surface area contributed by atoms with E-state index in [0.29, 0.717) is 23.9 Å². The average Bonchev–Trinajstić information content (AvgIpc) is 2.66. The normalized spacial score (nSPS) is 12.2. The van der Waals surface area contributed by atoms with Crippen LogP contribution in [0.4, 0.5) is 0 Å². The van der Waals surface area contributed by atoms with Gasteiger partial charge in [0.1, 0.15) is 0 Å². The highest BCUT2D eigenvalue weighted by Gasteiger charge is 2.17. The van der Waals surface area contributed by atoms with E-state index in [1.807, 2.05) is 37.3 Å². The van der Waals surface area contributed by atoms with Gasteiger partial charge in [0.2, 0.25) is 0 Å². The first-order chi connectivity index (χ1) is 13.2. The number of aliphatic imine (C=N–C) groups is 1. The van der Waals surface area contributed by atoms with Gasteiger partial charge in [0.05, 0.1) is 22.9 Å². The minimum Gasteiger partial charge on any atom is -0.357 e. The van der Waals surface area contributed by atoms with Crippen LogP contribution in [0.3, 0.4) is 0 Å². The number of guanidine groups is 1. The second-order valence-corrected chi connectivity index (χ2v) is 9.65. The topological polar surface area (TPSA) is 83.4 Å². The third-order valence-corrected chi connectivity index (χ3v) is 5.94. The highest BCUT2D eigenvalue weighted by molar-refractivity contribution is 14.0. The number of hydrogen-bond donors (Lipinski definition) is 2. The summed E-state index contributed by atoms with van der Waals surface area (Å²) in [6.45, 7) is 9.67. The van der Waals surface area contributed by atoms with Crippen molar-refractivity contribution in [2.24, 2.45) is 4.99 Å². The van der Waals surface area contributed by atoms with Gasteiger partial charge in [-0.25, -0.2) is 13.4 Å². The molecule has 0 saturated carbocycles. The number of rotatable bonds is 7. The zero-order chi connectivity index (χ0) is 20.6. The number of aromatic nitrogens is 1. The van der Waals surface area contributed by atoms with Crippen molar-refractivity contribution in [2.45, 2.75) is 44.6 Å². The first kappa shape index (κ1) is 25.4. The van der Waals surface area contributed by atoms with Gasteiger partial charge in [-0.3, -0.25) is 4.98 Å². The Balaban J connectivity index is 0.00000420. The van der Waals surface area contributed by atoms with Crippen LogP contribution in [0.15, 0.2) is 58.5 Å². The van der Waals surface area contributed by atoms with Gasteiger partial charge in [-0.2, -0.15) is 0 Å². The van der Waals surface area contributed by atoms with Crippen LogP contribution in [0, 0.1) is 0 Å². The van der Waals surface area contributed by atoms with Crippen molar-refractivity contribution in [1.29, 1.82) is 0 Å². The molecule has 0 radical (unpaired) electrons.